The second-order valence-electron chi connectivity index (χ2n) is 4.50. The van der Waals surface area contributed by atoms with Gasteiger partial charge in [0.1, 0.15) is 12.2 Å². The molecule has 0 saturated carbocycles. The highest BCUT2D eigenvalue weighted by molar-refractivity contribution is 5.71. The summed E-state index contributed by atoms with van der Waals surface area (Å²) in [5, 5.41) is 4.19. The highest BCUT2D eigenvalue weighted by atomic mass is 16.5. The van der Waals surface area contributed by atoms with Crippen LogP contribution in [-0.2, 0) is 16.1 Å². The van der Waals surface area contributed by atoms with E-state index in [1.807, 2.05) is 9.58 Å². The number of hydrogen-bond acceptors (Lipinski definition) is 5. The standard InChI is InChI=1S/C12H22N4O2/c1-5-6-15(8-12(17)18-4)7-11-13-9-14-16(11)10(2)3/h9-10H,5-8H2,1-4H3. The van der Waals surface area contributed by atoms with Crippen molar-refractivity contribution in [3.8, 4) is 0 Å². The zero-order valence-corrected chi connectivity index (χ0v) is 11.6. The number of hydrogen-bond donors (Lipinski definition) is 0. The van der Waals surface area contributed by atoms with Crippen LogP contribution in [0.15, 0.2) is 6.33 Å². The van der Waals surface area contributed by atoms with Gasteiger partial charge in [0.05, 0.1) is 20.2 Å². The second-order valence-corrected chi connectivity index (χ2v) is 4.50. The van der Waals surface area contributed by atoms with Crippen LogP contribution in [0.2, 0.25) is 0 Å². The zero-order valence-electron chi connectivity index (χ0n) is 11.6. The predicted octanol–water partition coefficient (Wildman–Crippen LogP) is 1.24. The van der Waals surface area contributed by atoms with Gasteiger partial charge in [0.15, 0.2) is 0 Å². The molecular weight excluding hydrogens is 232 g/mol. The fourth-order valence-corrected chi connectivity index (χ4v) is 1.80. The van der Waals surface area contributed by atoms with E-state index >= 15 is 0 Å². The van der Waals surface area contributed by atoms with Gasteiger partial charge in [-0.25, -0.2) is 9.67 Å². The second kappa shape index (κ2) is 7.10. The lowest BCUT2D eigenvalue weighted by molar-refractivity contribution is -0.142. The van der Waals surface area contributed by atoms with Crippen LogP contribution < -0.4 is 0 Å². The first-order valence-corrected chi connectivity index (χ1v) is 6.26. The molecule has 1 aromatic heterocycles. The van der Waals surface area contributed by atoms with Crippen molar-refractivity contribution in [3.63, 3.8) is 0 Å². The summed E-state index contributed by atoms with van der Waals surface area (Å²) in [5.41, 5.74) is 0. The summed E-state index contributed by atoms with van der Waals surface area (Å²) < 4.78 is 6.58. The van der Waals surface area contributed by atoms with Crippen LogP contribution in [0.3, 0.4) is 0 Å². The van der Waals surface area contributed by atoms with Crippen molar-refractivity contribution < 1.29 is 9.53 Å². The first-order chi connectivity index (χ1) is 8.58. The van der Waals surface area contributed by atoms with Crippen LogP contribution in [0.5, 0.6) is 0 Å². The van der Waals surface area contributed by atoms with E-state index in [2.05, 4.69) is 30.9 Å². The van der Waals surface area contributed by atoms with E-state index < -0.39 is 0 Å². The maximum Gasteiger partial charge on any atom is 0.319 e. The van der Waals surface area contributed by atoms with Gasteiger partial charge in [-0.3, -0.25) is 9.69 Å². The molecule has 1 rings (SSSR count). The fraction of sp³-hybridized carbons (Fsp3) is 0.750. The van der Waals surface area contributed by atoms with Crippen LogP contribution in [0.1, 0.15) is 39.1 Å². The number of carbonyl (C=O) groups excluding carboxylic acids is 1. The summed E-state index contributed by atoms with van der Waals surface area (Å²) in [4.78, 5) is 17.6. The Bertz CT molecular complexity index is 376. The number of ether oxygens (including phenoxy) is 1. The van der Waals surface area contributed by atoms with Crippen molar-refractivity contribution in [1.82, 2.24) is 19.7 Å². The number of nitrogens with zero attached hydrogens (tertiary/aromatic N) is 4. The predicted molar refractivity (Wildman–Crippen MR) is 68.0 cm³/mol. The Labute approximate surface area is 108 Å². The molecule has 6 heteroatoms. The van der Waals surface area contributed by atoms with Gasteiger partial charge in [0, 0.05) is 6.04 Å². The van der Waals surface area contributed by atoms with Gasteiger partial charge in [-0.15, -0.1) is 0 Å². The quantitative estimate of drug-likeness (QED) is 0.685. The molecule has 0 aromatic carbocycles. The molecule has 1 heterocycles. The van der Waals surface area contributed by atoms with Crippen molar-refractivity contribution in [2.24, 2.45) is 0 Å². The van der Waals surface area contributed by atoms with Crippen LogP contribution >= 0.6 is 0 Å². The molecule has 1 aromatic rings. The summed E-state index contributed by atoms with van der Waals surface area (Å²) in [6.45, 7) is 7.93. The maximum atomic E-state index is 11.3. The molecule has 6 nitrogen and oxygen atoms in total. The van der Waals surface area contributed by atoms with E-state index in [4.69, 9.17) is 4.74 Å². The van der Waals surface area contributed by atoms with Gasteiger partial charge >= 0.3 is 5.97 Å². The lowest BCUT2D eigenvalue weighted by Crippen LogP contribution is -2.32. The Kier molecular flexibility index (Phi) is 5.77. The number of aromatic nitrogens is 3. The number of esters is 1. The molecule has 0 amide bonds. The molecule has 0 saturated heterocycles. The number of methoxy groups -OCH3 is 1. The average molecular weight is 254 g/mol. The highest BCUT2D eigenvalue weighted by Gasteiger charge is 2.15. The minimum absolute atomic E-state index is 0.223. The zero-order chi connectivity index (χ0) is 13.5. The molecule has 0 unspecified atom stereocenters. The van der Waals surface area contributed by atoms with Crippen LogP contribution in [0.25, 0.3) is 0 Å². The van der Waals surface area contributed by atoms with Gasteiger partial charge in [-0.2, -0.15) is 5.10 Å². The fourth-order valence-electron chi connectivity index (χ4n) is 1.80. The summed E-state index contributed by atoms with van der Waals surface area (Å²) in [6.07, 6.45) is 2.53. The first-order valence-electron chi connectivity index (χ1n) is 6.26. The lowest BCUT2D eigenvalue weighted by atomic mass is 10.3. The lowest BCUT2D eigenvalue weighted by Gasteiger charge is -2.20. The first kappa shape index (κ1) is 14.6. The Hall–Kier alpha value is -1.43. The van der Waals surface area contributed by atoms with Crippen molar-refractivity contribution in [2.45, 2.75) is 39.8 Å². The minimum atomic E-state index is -0.223. The van der Waals surface area contributed by atoms with E-state index in [-0.39, 0.29) is 18.6 Å². The molecule has 18 heavy (non-hydrogen) atoms. The largest absolute Gasteiger partial charge is 0.468 e. The molecule has 102 valence electrons. The topological polar surface area (TPSA) is 60.3 Å². The molecule has 0 aliphatic carbocycles. The van der Waals surface area contributed by atoms with E-state index in [1.165, 1.54) is 7.11 Å². The third-order valence-corrected chi connectivity index (χ3v) is 2.62. The van der Waals surface area contributed by atoms with Gasteiger partial charge < -0.3 is 4.74 Å². The SMILES string of the molecule is CCCN(CC(=O)OC)Cc1ncnn1C(C)C. The molecular formula is C12H22N4O2. The third-order valence-electron chi connectivity index (χ3n) is 2.62. The highest BCUT2D eigenvalue weighted by Crippen LogP contribution is 2.08. The van der Waals surface area contributed by atoms with E-state index in [0.29, 0.717) is 6.54 Å². The van der Waals surface area contributed by atoms with Gasteiger partial charge in [-0.1, -0.05) is 6.92 Å². The van der Waals surface area contributed by atoms with Gasteiger partial charge in [0.2, 0.25) is 0 Å². The number of rotatable bonds is 7. The Morgan fingerprint density at radius 1 is 1.56 bits per heavy atom. The van der Waals surface area contributed by atoms with E-state index in [0.717, 1.165) is 18.8 Å². The Balaban J connectivity index is 2.70. The molecule has 0 aliphatic heterocycles. The van der Waals surface area contributed by atoms with Crippen LogP contribution in [0.4, 0.5) is 0 Å². The van der Waals surface area contributed by atoms with Gasteiger partial charge in [-0.05, 0) is 26.8 Å². The van der Waals surface area contributed by atoms with Crippen molar-refractivity contribution in [1.29, 1.82) is 0 Å². The Morgan fingerprint density at radius 3 is 2.83 bits per heavy atom. The van der Waals surface area contributed by atoms with E-state index in [9.17, 15) is 4.79 Å². The summed E-state index contributed by atoms with van der Waals surface area (Å²) in [7, 11) is 1.41. The summed E-state index contributed by atoms with van der Waals surface area (Å²) >= 11 is 0. The molecule has 0 radical (unpaired) electrons. The normalized spacial score (nSPS) is 11.2. The maximum absolute atomic E-state index is 11.3. The summed E-state index contributed by atoms with van der Waals surface area (Å²) in [5.74, 6) is 0.654. The monoisotopic (exact) mass is 254 g/mol. The van der Waals surface area contributed by atoms with Crippen molar-refractivity contribution >= 4 is 5.97 Å². The molecule has 0 N–H and O–H groups in total. The summed E-state index contributed by atoms with van der Waals surface area (Å²) in [6, 6.07) is 0.268. The van der Waals surface area contributed by atoms with E-state index in [1.54, 1.807) is 6.33 Å². The smallest absolute Gasteiger partial charge is 0.319 e. The average Bonchev–Trinajstić information content (AvgIpc) is 2.77. The molecule has 0 fully saturated rings. The van der Waals surface area contributed by atoms with Gasteiger partial charge in [0.25, 0.3) is 0 Å². The Morgan fingerprint density at radius 2 is 2.28 bits per heavy atom. The number of carbonyl (C=O) groups is 1. The van der Waals surface area contributed by atoms with Crippen molar-refractivity contribution in [2.75, 3.05) is 20.2 Å². The van der Waals surface area contributed by atoms with Crippen LogP contribution in [-0.4, -0.2) is 45.8 Å². The molecule has 0 spiro atoms. The molecule has 0 bridgehead atoms. The third kappa shape index (κ3) is 4.10. The van der Waals surface area contributed by atoms with Crippen LogP contribution in [0, 0.1) is 0 Å². The van der Waals surface area contributed by atoms with Crippen molar-refractivity contribution in [3.05, 3.63) is 12.2 Å². The molecule has 0 aliphatic rings. The minimum Gasteiger partial charge on any atom is -0.468 e. The molecule has 0 atom stereocenters.